The van der Waals surface area contributed by atoms with Crippen LogP contribution in [0.5, 0.6) is 0 Å². The SMILES string of the molecule is Fc1cccnc1C1([CH]c2ccc(-c3ccc4[nH]ncc4c3)nn2)CNC1. The lowest BCUT2D eigenvalue weighted by atomic mass is 9.74. The second kappa shape index (κ2) is 6.21. The average molecular weight is 359 g/mol. The number of hydrogen-bond donors (Lipinski definition) is 2. The molecular formula is C20H16FN6. The molecule has 6 nitrogen and oxygen atoms in total. The molecule has 0 spiro atoms. The van der Waals surface area contributed by atoms with Crippen LogP contribution in [0.1, 0.15) is 11.4 Å². The van der Waals surface area contributed by atoms with Gasteiger partial charge in [-0.3, -0.25) is 10.1 Å². The van der Waals surface area contributed by atoms with E-state index in [0.717, 1.165) is 22.2 Å². The number of nitrogens with one attached hydrogen (secondary N) is 2. The first-order valence-corrected chi connectivity index (χ1v) is 8.68. The van der Waals surface area contributed by atoms with Crippen molar-refractivity contribution in [3.63, 3.8) is 0 Å². The smallest absolute Gasteiger partial charge is 0.145 e. The molecule has 2 N–H and O–H groups in total. The largest absolute Gasteiger partial charge is 0.315 e. The summed E-state index contributed by atoms with van der Waals surface area (Å²) in [6, 6.07) is 12.8. The van der Waals surface area contributed by atoms with Crippen molar-refractivity contribution < 1.29 is 4.39 Å². The molecule has 1 aromatic carbocycles. The number of pyridine rings is 1. The average Bonchev–Trinajstić information content (AvgIpc) is 3.14. The van der Waals surface area contributed by atoms with E-state index in [2.05, 4.69) is 30.7 Å². The Labute approximate surface area is 154 Å². The van der Waals surface area contributed by atoms with Gasteiger partial charge < -0.3 is 5.32 Å². The van der Waals surface area contributed by atoms with Gasteiger partial charge in [-0.15, -0.1) is 0 Å². The van der Waals surface area contributed by atoms with Crippen LogP contribution in [-0.4, -0.2) is 38.5 Å². The quantitative estimate of drug-likeness (QED) is 0.586. The van der Waals surface area contributed by atoms with Crippen molar-refractivity contribution in [1.82, 2.24) is 30.7 Å². The van der Waals surface area contributed by atoms with E-state index in [4.69, 9.17) is 0 Å². The van der Waals surface area contributed by atoms with Gasteiger partial charge in [-0.25, -0.2) is 4.39 Å². The van der Waals surface area contributed by atoms with E-state index in [0.29, 0.717) is 24.5 Å². The molecule has 1 radical (unpaired) electrons. The molecule has 0 saturated carbocycles. The number of nitrogens with zero attached hydrogens (tertiary/aromatic N) is 4. The monoisotopic (exact) mass is 359 g/mol. The maximum Gasteiger partial charge on any atom is 0.145 e. The van der Waals surface area contributed by atoms with Crippen molar-refractivity contribution >= 4 is 10.9 Å². The molecule has 0 aliphatic carbocycles. The molecular weight excluding hydrogens is 343 g/mol. The summed E-state index contributed by atoms with van der Waals surface area (Å²) in [5, 5.41) is 19.9. The number of halogens is 1. The molecule has 7 heteroatoms. The van der Waals surface area contributed by atoms with E-state index in [1.165, 1.54) is 6.07 Å². The zero-order valence-electron chi connectivity index (χ0n) is 14.4. The van der Waals surface area contributed by atoms with Gasteiger partial charge in [0.2, 0.25) is 0 Å². The zero-order chi connectivity index (χ0) is 18.3. The van der Waals surface area contributed by atoms with E-state index in [9.17, 15) is 4.39 Å². The number of aromatic amines is 1. The maximum atomic E-state index is 14.2. The molecule has 1 aliphatic rings. The molecule has 0 atom stereocenters. The Morgan fingerprint density at radius 1 is 1.07 bits per heavy atom. The highest BCUT2D eigenvalue weighted by Gasteiger charge is 2.42. The normalized spacial score (nSPS) is 15.6. The van der Waals surface area contributed by atoms with Gasteiger partial charge in [-0.1, -0.05) is 6.07 Å². The molecule has 133 valence electrons. The number of benzene rings is 1. The van der Waals surface area contributed by atoms with E-state index in [1.54, 1.807) is 18.5 Å². The van der Waals surface area contributed by atoms with Gasteiger partial charge in [-0.2, -0.15) is 15.3 Å². The summed E-state index contributed by atoms with van der Waals surface area (Å²) in [7, 11) is 0. The fraction of sp³-hybridized carbons (Fsp3) is 0.150. The van der Waals surface area contributed by atoms with Crippen LogP contribution in [0.4, 0.5) is 4.39 Å². The summed E-state index contributed by atoms with van der Waals surface area (Å²) in [4.78, 5) is 4.25. The van der Waals surface area contributed by atoms with Crippen molar-refractivity contribution in [3.05, 3.63) is 78.5 Å². The van der Waals surface area contributed by atoms with Crippen LogP contribution in [0, 0.1) is 12.2 Å². The Morgan fingerprint density at radius 2 is 2.00 bits per heavy atom. The minimum atomic E-state index is -0.489. The first kappa shape index (κ1) is 16.0. The van der Waals surface area contributed by atoms with Crippen molar-refractivity contribution in [3.8, 4) is 11.3 Å². The first-order valence-electron chi connectivity index (χ1n) is 8.68. The molecule has 0 bridgehead atoms. The van der Waals surface area contributed by atoms with Gasteiger partial charge in [0.15, 0.2) is 0 Å². The first-order chi connectivity index (χ1) is 13.2. The summed E-state index contributed by atoms with van der Waals surface area (Å²) in [5.41, 5.74) is 3.39. The van der Waals surface area contributed by atoms with E-state index >= 15 is 0 Å². The van der Waals surface area contributed by atoms with Gasteiger partial charge in [-0.05, 0) is 36.4 Å². The third-order valence-corrected chi connectivity index (χ3v) is 4.96. The zero-order valence-corrected chi connectivity index (χ0v) is 14.4. The Morgan fingerprint density at radius 3 is 2.74 bits per heavy atom. The summed E-state index contributed by atoms with van der Waals surface area (Å²) in [6.45, 7) is 1.25. The standard InChI is InChI=1S/C20H16FN6/c21-16-2-1-7-23-19(16)20(11-22-12-20)9-15-4-6-17(27-25-15)13-3-5-18-14(8-13)10-24-26-18/h1-10,22H,11-12H2,(H,24,26). The maximum absolute atomic E-state index is 14.2. The molecule has 4 aromatic rings. The van der Waals surface area contributed by atoms with Crippen molar-refractivity contribution in [2.45, 2.75) is 5.41 Å². The number of hydrogen-bond acceptors (Lipinski definition) is 5. The lowest BCUT2D eigenvalue weighted by Gasteiger charge is -2.41. The predicted octanol–water partition coefficient (Wildman–Crippen LogP) is 2.65. The fourth-order valence-electron chi connectivity index (χ4n) is 3.44. The highest BCUT2D eigenvalue weighted by molar-refractivity contribution is 5.83. The molecule has 1 aliphatic heterocycles. The van der Waals surface area contributed by atoms with Crippen LogP contribution in [0.15, 0.2) is 54.9 Å². The van der Waals surface area contributed by atoms with Crippen molar-refractivity contribution in [1.29, 1.82) is 0 Å². The molecule has 1 fully saturated rings. The van der Waals surface area contributed by atoms with Gasteiger partial charge in [0.1, 0.15) is 5.82 Å². The Hall–Kier alpha value is -3.19. The number of aromatic nitrogens is 5. The molecule has 3 aromatic heterocycles. The number of rotatable bonds is 4. The van der Waals surface area contributed by atoms with Gasteiger partial charge in [0.05, 0.1) is 28.8 Å². The number of H-pyrrole nitrogens is 1. The Kier molecular flexibility index (Phi) is 3.68. The van der Waals surface area contributed by atoms with E-state index < -0.39 is 5.41 Å². The second-order valence-corrected chi connectivity index (χ2v) is 6.75. The fourth-order valence-corrected chi connectivity index (χ4v) is 3.44. The molecule has 1 saturated heterocycles. The summed E-state index contributed by atoms with van der Waals surface area (Å²) >= 11 is 0. The number of fused-ring (bicyclic) bond motifs is 1. The Bertz CT molecular complexity index is 1100. The van der Waals surface area contributed by atoms with Crippen LogP contribution < -0.4 is 5.32 Å². The topological polar surface area (TPSA) is 79.4 Å². The summed E-state index contributed by atoms with van der Waals surface area (Å²) in [5.74, 6) is -0.298. The van der Waals surface area contributed by atoms with Crippen molar-refractivity contribution in [2.75, 3.05) is 13.1 Å². The third-order valence-electron chi connectivity index (χ3n) is 4.96. The minimum absolute atomic E-state index is 0.298. The van der Waals surface area contributed by atoms with Crippen LogP contribution >= 0.6 is 0 Å². The molecule has 0 amide bonds. The van der Waals surface area contributed by atoms with Crippen LogP contribution in [0.2, 0.25) is 0 Å². The molecule has 0 unspecified atom stereocenters. The van der Waals surface area contributed by atoms with E-state index in [1.807, 2.05) is 36.8 Å². The minimum Gasteiger partial charge on any atom is -0.315 e. The lowest BCUT2D eigenvalue weighted by molar-refractivity contribution is 0.306. The van der Waals surface area contributed by atoms with Crippen molar-refractivity contribution in [2.24, 2.45) is 0 Å². The van der Waals surface area contributed by atoms with E-state index in [-0.39, 0.29) is 5.82 Å². The molecule has 27 heavy (non-hydrogen) atoms. The van der Waals surface area contributed by atoms with Gasteiger partial charge >= 0.3 is 0 Å². The summed E-state index contributed by atoms with van der Waals surface area (Å²) in [6.07, 6.45) is 5.35. The highest BCUT2D eigenvalue weighted by Crippen LogP contribution is 2.34. The van der Waals surface area contributed by atoms with Gasteiger partial charge in [0, 0.05) is 42.1 Å². The molecule has 4 heterocycles. The Balaban J connectivity index is 1.42. The third kappa shape index (κ3) is 2.76. The van der Waals surface area contributed by atoms with Crippen LogP contribution in [0.3, 0.4) is 0 Å². The van der Waals surface area contributed by atoms with Crippen LogP contribution in [-0.2, 0) is 5.41 Å². The molecule has 5 rings (SSSR count). The lowest BCUT2D eigenvalue weighted by Crippen LogP contribution is -2.58. The highest BCUT2D eigenvalue weighted by atomic mass is 19.1. The van der Waals surface area contributed by atoms with Gasteiger partial charge in [0.25, 0.3) is 0 Å². The van der Waals surface area contributed by atoms with Crippen LogP contribution in [0.25, 0.3) is 22.2 Å². The summed E-state index contributed by atoms with van der Waals surface area (Å²) < 4.78 is 14.2. The second-order valence-electron chi connectivity index (χ2n) is 6.75. The predicted molar refractivity (Wildman–Crippen MR) is 99.3 cm³/mol.